The summed E-state index contributed by atoms with van der Waals surface area (Å²) in [4.78, 5) is 11.7. The van der Waals surface area contributed by atoms with Crippen molar-refractivity contribution < 1.29 is 28.8 Å². The van der Waals surface area contributed by atoms with E-state index < -0.39 is 30.6 Å². The molecule has 0 aliphatic carbocycles. The molecule has 2 rings (SSSR count). The maximum absolute atomic E-state index is 11.7. The molecule has 0 aromatic heterocycles. The molecule has 1 saturated heterocycles. The lowest BCUT2D eigenvalue weighted by Gasteiger charge is -2.17. The Labute approximate surface area is 123 Å². The average Bonchev–Trinajstić information content (AvgIpc) is 2.80. The largest absolute Gasteiger partial charge is 0.497 e. The van der Waals surface area contributed by atoms with Crippen molar-refractivity contribution in [2.24, 2.45) is 0 Å². The van der Waals surface area contributed by atoms with E-state index in [1.165, 1.54) is 0 Å². The number of rotatable bonds is 6. The van der Waals surface area contributed by atoms with E-state index in [9.17, 15) is 4.79 Å². The van der Waals surface area contributed by atoms with Crippen LogP contribution >= 0.6 is 0 Å². The molecule has 0 spiro atoms. The van der Waals surface area contributed by atoms with Crippen LogP contribution in [-0.2, 0) is 25.6 Å². The highest BCUT2D eigenvalue weighted by Gasteiger charge is 2.45. The van der Waals surface area contributed by atoms with Crippen molar-refractivity contribution >= 4 is 5.78 Å². The van der Waals surface area contributed by atoms with E-state index in [1.54, 1.807) is 21.0 Å². The summed E-state index contributed by atoms with van der Waals surface area (Å²) in [5, 5.41) is 8.97. The molecule has 6 nitrogen and oxygen atoms in total. The summed E-state index contributed by atoms with van der Waals surface area (Å²) in [5.41, 5.74) is 0.916. The van der Waals surface area contributed by atoms with E-state index in [0.717, 1.165) is 11.3 Å². The summed E-state index contributed by atoms with van der Waals surface area (Å²) in [6.07, 6.45) is -1.75. The number of methoxy groups -OCH3 is 1. The van der Waals surface area contributed by atoms with Crippen molar-refractivity contribution in [1.29, 1.82) is 0 Å². The van der Waals surface area contributed by atoms with Gasteiger partial charge in [0.1, 0.15) is 12.4 Å². The van der Waals surface area contributed by atoms with E-state index in [-0.39, 0.29) is 6.61 Å². The number of aliphatic hydroxyl groups excluding tert-OH is 1. The SMILES string of the molecule is COc1ccc(CO[C@@H]2OC(C)(C)O[C@@H]2C(=O)CO)cc1. The van der Waals surface area contributed by atoms with Crippen LogP contribution in [0.2, 0.25) is 0 Å². The highest BCUT2D eigenvalue weighted by Crippen LogP contribution is 2.30. The van der Waals surface area contributed by atoms with Gasteiger partial charge in [0.25, 0.3) is 0 Å². The second-order valence-electron chi connectivity index (χ2n) is 5.21. The molecule has 2 atom stereocenters. The Morgan fingerprint density at radius 3 is 2.52 bits per heavy atom. The number of Topliss-reactive ketones (excluding diaryl/α,β-unsaturated/α-hetero) is 1. The van der Waals surface area contributed by atoms with Crippen LogP contribution in [0.15, 0.2) is 24.3 Å². The molecule has 1 aliphatic heterocycles. The Morgan fingerprint density at radius 1 is 1.29 bits per heavy atom. The van der Waals surface area contributed by atoms with Crippen molar-refractivity contribution in [2.45, 2.75) is 38.6 Å². The second-order valence-corrected chi connectivity index (χ2v) is 5.21. The van der Waals surface area contributed by atoms with Crippen LogP contribution < -0.4 is 4.74 Å². The lowest BCUT2D eigenvalue weighted by Crippen LogP contribution is -2.35. The molecule has 6 heteroatoms. The van der Waals surface area contributed by atoms with Crippen molar-refractivity contribution in [2.75, 3.05) is 13.7 Å². The standard InChI is InChI=1S/C15H20O6/c1-15(2)20-13(12(17)8-16)14(21-15)19-9-10-4-6-11(18-3)7-5-10/h4-7,13-14,16H,8-9H2,1-3H3/t13-,14-/m1/s1. The molecular formula is C15H20O6. The van der Waals surface area contributed by atoms with Gasteiger partial charge < -0.3 is 24.1 Å². The topological polar surface area (TPSA) is 74.2 Å². The first-order valence-electron chi connectivity index (χ1n) is 6.69. The fourth-order valence-electron chi connectivity index (χ4n) is 2.06. The summed E-state index contributed by atoms with van der Waals surface area (Å²) in [7, 11) is 1.60. The number of aliphatic hydroxyl groups is 1. The molecular weight excluding hydrogens is 276 g/mol. The van der Waals surface area contributed by atoms with Crippen LogP contribution in [0.5, 0.6) is 5.75 Å². The van der Waals surface area contributed by atoms with Gasteiger partial charge in [-0.1, -0.05) is 12.1 Å². The van der Waals surface area contributed by atoms with Gasteiger partial charge in [-0.25, -0.2) is 0 Å². The van der Waals surface area contributed by atoms with Crippen molar-refractivity contribution in [1.82, 2.24) is 0 Å². The van der Waals surface area contributed by atoms with Gasteiger partial charge in [0, 0.05) is 0 Å². The molecule has 0 bridgehead atoms. The zero-order chi connectivity index (χ0) is 15.5. The van der Waals surface area contributed by atoms with Gasteiger partial charge in [0.05, 0.1) is 13.7 Å². The first kappa shape index (κ1) is 15.9. The van der Waals surface area contributed by atoms with Gasteiger partial charge in [-0.2, -0.15) is 0 Å². The number of ether oxygens (including phenoxy) is 4. The number of hydrogen-bond donors (Lipinski definition) is 1. The maximum atomic E-state index is 11.7. The lowest BCUT2D eigenvalue weighted by atomic mass is 10.2. The molecule has 0 radical (unpaired) electrons. The first-order chi connectivity index (χ1) is 9.95. The summed E-state index contributed by atoms with van der Waals surface area (Å²) >= 11 is 0. The molecule has 1 fully saturated rings. The van der Waals surface area contributed by atoms with Crippen LogP contribution in [0.1, 0.15) is 19.4 Å². The van der Waals surface area contributed by atoms with Crippen molar-refractivity contribution in [3.63, 3.8) is 0 Å². The summed E-state index contributed by atoms with van der Waals surface area (Å²) in [6, 6.07) is 7.38. The Balaban J connectivity index is 1.98. The summed E-state index contributed by atoms with van der Waals surface area (Å²) in [6.45, 7) is 3.05. The molecule has 0 unspecified atom stereocenters. The smallest absolute Gasteiger partial charge is 0.194 e. The maximum Gasteiger partial charge on any atom is 0.194 e. The van der Waals surface area contributed by atoms with Crippen LogP contribution in [0.3, 0.4) is 0 Å². The van der Waals surface area contributed by atoms with E-state index in [1.807, 2.05) is 24.3 Å². The Kier molecular flexibility index (Phi) is 4.95. The summed E-state index contributed by atoms with van der Waals surface area (Å²) < 4.78 is 21.7. The number of benzene rings is 1. The van der Waals surface area contributed by atoms with Crippen LogP contribution in [0.4, 0.5) is 0 Å². The quantitative estimate of drug-likeness (QED) is 0.851. The Hall–Kier alpha value is -1.47. The van der Waals surface area contributed by atoms with E-state index in [0.29, 0.717) is 0 Å². The fraction of sp³-hybridized carbons (Fsp3) is 0.533. The molecule has 21 heavy (non-hydrogen) atoms. The average molecular weight is 296 g/mol. The third-order valence-corrected chi connectivity index (χ3v) is 3.10. The van der Waals surface area contributed by atoms with Gasteiger partial charge in [-0.3, -0.25) is 4.79 Å². The molecule has 116 valence electrons. The number of hydrogen-bond acceptors (Lipinski definition) is 6. The van der Waals surface area contributed by atoms with Crippen LogP contribution in [0.25, 0.3) is 0 Å². The third kappa shape index (κ3) is 4.01. The molecule has 1 heterocycles. The number of ketones is 1. The summed E-state index contributed by atoms with van der Waals surface area (Å²) in [5.74, 6) is -0.617. The molecule has 1 aromatic carbocycles. The van der Waals surface area contributed by atoms with E-state index in [2.05, 4.69) is 0 Å². The van der Waals surface area contributed by atoms with Gasteiger partial charge in [-0.15, -0.1) is 0 Å². The highest BCUT2D eigenvalue weighted by atomic mass is 16.8. The predicted molar refractivity (Wildman–Crippen MR) is 73.7 cm³/mol. The minimum atomic E-state index is -0.917. The molecule has 1 N–H and O–H groups in total. The van der Waals surface area contributed by atoms with Gasteiger partial charge in [0.15, 0.2) is 24.0 Å². The normalized spacial score (nSPS) is 24.0. The van der Waals surface area contributed by atoms with Gasteiger partial charge in [-0.05, 0) is 31.5 Å². The predicted octanol–water partition coefficient (Wildman–Crippen LogP) is 1.25. The fourth-order valence-corrected chi connectivity index (χ4v) is 2.06. The minimum Gasteiger partial charge on any atom is -0.497 e. The van der Waals surface area contributed by atoms with Gasteiger partial charge >= 0.3 is 0 Å². The van der Waals surface area contributed by atoms with Crippen molar-refractivity contribution in [3.8, 4) is 5.75 Å². The zero-order valence-electron chi connectivity index (χ0n) is 12.4. The lowest BCUT2D eigenvalue weighted by molar-refractivity contribution is -0.194. The van der Waals surface area contributed by atoms with Gasteiger partial charge in [0.2, 0.25) is 0 Å². The molecule has 0 amide bonds. The molecule has 0 saturated carbocycles. The third-order valence-electron chi connectivity index (χ3n) is 3.10. The first-order valence-corrected chi connectivity index (χ1v) is 6.69. The second kappa shape index (κ2) is 6.53. The minimum absolute atomic E-state index is 0.267. The number of carbonyl (C=O) groups excluding carboxylic acids is 1. The highest BCUT2D eigenvalue weighted by molar-refractivity contribution is 5.84. The molecule has 1 aromatic rings. The monoisotopic (exact) mass is 296 g/mol. The number of carbonyl (C=O) groups is 1. The van der Waals surface area contributed by atoms with Crippen LogP contribution in [0, 0.1) is 0 Å². The molecule has 1 aliphatic rings. The Bertz CT molecular complexity index is 481. The van der Waals surface area contributed by atoms with Crippen molar-refractivity contribution in [3.05, 3.63) is 29.8 Å². The van der Waals surface area contributed by atoms with E-state index >= 15 is 0 Å². The van der Waals surface area contributed by atoms with Crippen LogP contribution in [-0.4, -0.2) is 42.8 Å². The Morgan fingerprint density at radius 2 is 1.95 bits per heavy atom. The van der Waals surface area contributed by atoms with E-state index in [4.69, 9.17) is 24.1 Å². The zero-order valence-corrected chi connectivity index (χ0v) is 12.4.